The van der Waals surface area contributed by atoms with Crippen LogP contribution in [0.15, 0.2) is 56.5 Å². The first-order valence-corrected chi connectivity index (χ1v) is 12.1. The third-order valence-electron chi connectivity index (χ3n) is 4.47. The van der Waals surface area contributed by atoms with E-state index in [4.69, 9.17) is 4.74 Å². The van der Waals surface area contributed by atoms with Gasteiger partial charge in [-0.2, -0.15) is 9.29 Å². The third kappa shape index (κ3) is 4.61. The predicted octanol–water partition coefficient (Wildman–Crippen LogP) is 3.91. The number of benzene rings is 1. The lowest BCUT2D eigenvalue weighted by Gasteiger charge is -2.34. The van der Waals surface area contributed by atoms with E-state index in [-0.39, 0.29) is 0 Å². The summed E-state index contributed by atoms with van der Waals surface area (Å²) in [5.74, 6) is 2.51. The molecule has 1 fully saturated rings. The summed E-state index contributed by atoms with van der Waals surface area (Å²) in [6.07, 6.45) is 0. The highest BCUT2D eigenvalue weighted by Crippen LogP contribution is 2.30. The molecule has 3 aromatic rings. The van der Waals surface area contributed by atoms with E-state index in [1.54, 1.807) is 18.2 Å². The Hall–Kier alpha value is -2.01. The van der Waals surface area contributed by atoms with Crippen LogP contribution in [-0.2, 0) is 10.0 Å². The molecule has 1 aromatic carbocycles. The molecule has 152 valence electrons. The Morgan fingerprint density at radius 1 is 1.03 bits per heavy atom. The van der Waals surface area contributed by atoms with Crippen molar-refractivity contribution in [2.45, 2.75) is 11.1 Å². The van der Waals surface area contributed by atoms with Crippen molar-refractivity contribution in [1.29, 1.82) is 0 Å². The van der Waals surface area contributed by atoms with Crippen LogP contribution in [0.3, 0.4) is 0 Å². The quantitative estimate of drug-likeness (QED) is 0.535. The van der Waals surface area contributed by atoms with Gasteiger partial charge in [-0.15, -0.1) is 11.3 Å². The average molecular weight is 495 g/mol. The van der Waals surface area contributed by atoms with E-state index in [1.165, 1.54) is 15.6 Å². The van der Waals surface area contributed by atoms with Crippen LogP contribution in [0.4, 0.5) is 5.82 Å². The van der Waals surface area contributed by atoms with Crippen LogP contribution < -0.4 is 9.64 Å². The van der Waals surface area contributed by atoms with E-state index < -0.39 is 10.0 Å². The monoisotopic (exact) mass is 494 g/mol. The number of halogens is 1. The fourth-order valence-corrected chi connectivity index (χ4v) is 6.66. The van der Waals surface area contributed by atoms with Gasteiger partial charge in [-0.1, -0.05) is 18.2 Å². The summed E-state index contributed by atoms with van der Waals surface area (Å²) >= 11 is 4.55. The minimum Gasteiger partial charge on any atom is -0.439 e. The molecule has 0 N–H and O–H groups in total. The number of hydrogen-bond donors (Lipinski definition) is 0. The molecule has 7 nitrogen and oxygen atoms in total. The zero-order valence-electron chi connectivity index (χ0n) is 15.7. The molecule has 0 unspecified atom stereocenters. The van der Waals surface area contributed by atoms with Crippen LogP contribution in [0, 0.1) is 6.92 Å². The Morgan fingerprint density at radius 2 is 1.76 bits per heavy atom. The molecule has 1 aliphatic rings. The molecule has 3 heterocycles. The number of thiophene rings is 1. The number of para-hydroxylation sites is 1. The molecule has 0 aliphatic carbocycles. The summed E-state index contributed by atoms with van der Waals surface area (Å²) in [4.78, 5) is 10.9. The summed E-state index contributed by atoms with van der Waals surface area (Å²) < 4.78 is 34.1. The van der Waals surface area contributed by atoms with Gasteiger partial charge in [0.25, 0.3) is 10.0 Å². The minimum atomic E-state index is -3.47. The van der Waals surface area contributed by atoms with E-state index in [9.17, 15) is 8.42 Å². The molecule has 10 heteroatoms. The standard InChI is InChI=1S/C19H19BrN4O3S2/c1-14-21-17(13-18(22-14)27-15-5-3-2-4-6-15)23-9-11-24(12-10-23)29(25,26)19-8-7-16(20)28-19/h2-8,13H,9-12H2,1H3. The molecule has 0 radical (unpaired) electrons. The van der Waals surface area contributed by atoms with Gasteiger partial charge in [-0.3, -0.25) is 0 Å². The van der Waals surface area contributed by atoms with Gasteiger partial charge in [-0.25, -0.2) is 13.4 Å². The zero-order valence-corrected chi connectivity index (χ0v) is 18.9. The highest BCUT2D eigenvalue weighted by Gasteiger charge is 2.30. The van der Waals surface area contributed by atoms with E-state index >= 15 is 0 Å². The zero-order chi connectivity index (χ0) is 20.4. The van der Waals surface area contributed by atoms with Gasteiger partial charge in [0.2, 0.25) is 5.88 Å². The summed E-state index contributed by atoms with van der Waals surface area (Å²) in [5, 5.41) is 0. The predicted molar refractivity (Wildman–Crippen MR) is 116 cm³/mol. The molecule has 4 rings (SSSR count). The fourth-order valence-electron chi connectivity index (χ4n) is 3.07. The number of rotatable bonds is 5. The molecule has 1 aliphatic heterocycles. The van der Waals surface area contributed by atoms with Crippen molar-refractivity contribution in [2.24, 2.45) is 0 Å². The van der Waals surface area contributed by atoms with Crippen LogP contribution in [-0.4, -0.2) is 48.9 Å². The molecule has 0 spiro atoms. The summed E-state index contributed by atoms with van der Waals surface area (Å²) in [6, 6.07) is 14.6. The molecule has 2 aromatic heterocycles. The summed E-state index contributed by atoms with van der Waals surface area (Å²) in [5.41, 5.74) is 0. The second-order valence-corrected chi connectivity index (χ2v) is 11.1. The van der Waals surface area contributed by atoms with Crippen molar-refractivity contribution in [3.8, 4) is 11.6 Å². The summed E-state index contributed by atoms with van der Waals surface area (Å²) in [7, 11) is -3.47. The maximum Gasteiger partial charge on any atom is 0.252 e. The van der Waals surface area contributed by atoms with Gasteiger partial charge < -0.3 is 9.64 Å². The number of hydrogen-bond acceptors (Lipinski definition) is 7. The maximum absolute atomic E-state index is 12.8. The lowest BCUT2D eigenvalue weighted by molar-refractivity contribution is 0.384. The lowest BCUT2D eigenvalue weighted by atomic mass is 10.3. The van der Waals surface area contributed by atoms with Gasteiger partial charge in [-0.05, 0) is 47.1 Å². The SMILES string of the molecule is Cc1nc(Oc2ccccc2)cc(N2CCN(S(=O)(=O)c3ccc(Br)s3)CC2)n1. The second kappa shape index (κ2) is 8.39. The molecule has 0 amide bonds. The van der Waals surface area contributed by atoms with Crippen LogP contribution in [0.2, 0.25) is 0 Å². The second-order valence-electron chi connectivity index (χ2n) is 6.48. The highest BCUT2D eigenvalue weighted by molar-refractivity contribution is 9.11. The Morgan fingerprint density at radius 3 is 2.41 bits per heavy atom. The number of sulfonamides is 1. The van der Waals surface area contributed by atoms with Crippen LogP contribution in [0.1, 0.15) is 5.82 Å². The van der Waals surface area contributed by atoms with Crippen molar-refractivity contribution in [3.05, 3.63) is 58.1 Å². The average Bonchev–Trinajstić information content (AvgIpc) is 3.16. The molecule has 1 saturated heterocycles. The van der Waals surface area contributed by atoms with E-state index in [0.717, 1.165) is 9.60 Å². The van der Waals surface area contributed by atoms with Crippen molar-refractivity contribution in [1.82, 2.24) is 14.3 Å². The number of ether oxygens (including phenoxy) is 1. The van der Waals surface area contributed by atoms with Crippen molar-refractivity contribution >= 4 is 43.1 Å². The number of anilines is 1. The lowest BCUT2D eigenvalue weighted by Crippen LogP contribution is -2.48. The van der Waals surface area contributed by atoms with Gasteiger partial charge >= 0.3 is 0 Å². The van der Waals surface area contributed by atoms with Crippen molar-refractivity contribution in [3.63, 3.8) is 0 Å². The molecule has 29 heavy (non-hydrogen) atoms. The van der Waals surface area contributed by atoms with E-state index in [2.05, 4.69) is 30.8 Å². The Bertz CT molecular complexity index is 1100. The molecular formula is C19H19BrN4O3S2. The topological polar surface area (TPSA) is 75.6 Å². The van der Waals surface area contributed by atoms with Gasteiger partial charge in [0.05, 0.1) is 3.79 Å². The largest absolute Gasteiger partial charge is 0.439 e. The molecule has 0 saturated carbocycles. The first-order valence-electron chi connectivity index (χ1n) is 9.01. The van der Waals surface area contributed by atoms with Crippen molar-refractivity contribution in [2.75, 3.05) is 31.1 Å². The maximum atomic E-state index is 12.8. The first kappa shape index (κ1) is 20.3. The minimum absolute atomic E-state index is 0.356. The Kier molecular flexibility index (Phi) is 5.86. The molecular weight excluding hydrogens is 476 g/mol. The summed E-state index contributed by atoms with van der Waals surface area (Å²) in [6.45, 7) is 3.71. The van der Waals surface area contributed by atoms with Crippen LogP contribution >= 0.6 is 27.3 Å². The third-order valence-corrected chi connectivity index (χ3v) is 8.46. The highest BCUT2D eigenvalue weighted by atomic mass is 79.9. The fraction of sp³-hybridized carbons (Fsp3) is 0.263. The smallest absolute Gasteiger partial charge is 0.252 e. The number of aryl methyl sites for hydroxylation is 1. The van der Waals surface area contributed by atoms with Crippen molar-refractivity contribution < 1.29 is 13.2 Å². The van der Waals surface area contributed by atoms with Gasteiger partial charge in [0, 0.05) is 32.2 Å². The Balaban J connectivity index is 1.47. The molecule has 0 atom stereocenters. The van der Waals surface area contributed by atoms with Gasteiger partial charge in [0.1, 0.15) is 21.6 Å². The Labute approximate surface area is 182 Å². The normalized spacial score (nSPS) is 15.4. The first-order chi connectivity index (χ1) is 13.9. The van der Waals surface area contributed by atoms with Crippen LogP contribution in [0.25, 0.3) is 0 Å². The molecule has 0 bridgehead atoms. The number of piperazine rings is 1. The van der Waals surface area contributed by atoms with Gasteiger partial charge in [0.15, 0.2) is 0 Å². The van der Waals surface area contributed by atoms with E-state index in [0.29, 0.717) is 47.8 Å². The van der Waals surface area contributed by atoms with Crippen LogP contribution in [0.5, 0.6) is 11.6 Å². The number of nitrogens with zero attached hydrogens (tertiary/aromatic N) is 4. The number of aromatic nitrogens is 2. The van der Waals surface area contributed by atoms with E-state index in [1.807, 2.05) is 37.3 Å².